The van der Waals surface area contributed by atoms with Crippen LogP contribution >= 0.6 is 0 Å². The first-order chi connectivity index (χ1) is 17.2. The minimum Gasteiger partial charge on any atom is -0.481 e. The van der Waals surface area contributed by atoms with Crippen LogP contribution in [-0.4, -0.2) is 46.4 Å². The lowest BCUT2D eigenvalue weighted by Crippen LogP contribution is -2.42. The molecule has 3 atom stereocenters. The highest BCUT2D eigenvalue weighted by molar-refractivity contribution is 7.90. The number of hydrogen-bond donors (Lipinski definition) is 2. The Morgan fingerprint density at radius 1 is 1.14 bits per heavy atom. The van der Waals surface area contributed by atoms with E-state index in [2.05, 4.69) is 27.5 Å². The molecular formula is C27H34N4O4S. The second-order valence-electron chi connectivity index (χ2n) is 10.1. The molecule has 4 rings (SSSR count). The molecule has 2 N–H and O–H groups in total. The number of tetrazole rings is 1. The van der Waals surface area contributed by atoms with Gasteiger partial charge in [0.25, 0.3) is 0 Å². The summed E-state index contributed by atoms with van der Waals surface area (Å²) < 4.78 is 23.4. The van der Waals surface area contributed by atoms with Gasteiger partial charge in [0.05, 0.1) is 10.3 Å². The van der Waals surface area contributed by atoms with Crippen LogP contribution < -0.4 is 0 Å². The fraction of sp³-hybridized carbons (Fsp3) is 0.481. The van der Waals surface area contributed by atoms with E-state index in [0.717, 1.165) is 42.4 Å². The van der Waals surface area contributed by atoms with Crippen LogP contribution in [0, 0.1) is 11.3 Å². The van der Waals surface area contributed by atoms with Gasteiger partial charge in [-0.15, -0.1) is 10.2 Å². The smallest absolute Gasteiger partial charge is 0.310 e. The number of carboxylic acids is 1. The first-order valence-electron chi connectivity index (χ1n) is 12.6. The lowest BCUT2D eigenvalue weighted by atomic mass is 9.60. The Kier molecular flexibility index (Phi) is 7.88. The molecule has 0 saturated heterocycles. The van der Waals surface area contributed by atoms with Crippen molar-refractivity contribution < 1.29 is 18.3 Å². The van der Waals surface area contributed by atoms with Gasteiger partial charge in [-0.25, -0.2) is 8.42 Å². The van der Waals surface area contributed by atoms with Crippen LogP contribution in [0.15, 0.2) is 53.4 Å². The van der Waals surface area contributed by atoms with Crippen LogP contribution in [0.25, 0.3) is 11.1 Å². The third-order valence-corrected chi connectivity index (χ3v) is 8.77. The van der Waals surface area contributed by atoms with Crippen molar-refractivity contribution in [1.82, 2.24) is 20.6 Å². The van der Waals surface area contributed by atoms with E-state index in [1.807, 2.05) is 36.4 Å². The molecule has 1 saturated carbocycles. The molecule has 1 aliphatic carbocycles. The second kappa shape index (κ2) is 10.9. The molecule has 0 spiro atoms. The number of nitrogens with one attached hydrogen (secondary N) is 1. The van der Waals surface area contributed by atoms with Gasteiger partial charge in [0.15, 0.2) is 15.7 Å². The van der Waals surface area contributed by atoms with Gasteiger partial charge in [0.1, 0.15) is 0 Å². The Morgan fingerprint density at radius 2 is 1.81 bits per heavy atom. The monoisotopic (exact) mass is 510 g/mol. The summed E-state index contributed by atoms with van der Waals surface area (Å²) in [6, 6.07) is 15.0. The molecule has 1 aliphatic rings. The van der Waals surface area contributed by atoms with Crippen molar-refractivity contribution in [2.24, 2.45) is 11.3 Å². The van der Waals surface area contributed by atoms with Crippen LogP contribution in [0.2, 0.25) is 0 Å². The molecule has 0 aliphatic heterocycles. The van der Waals surface area contributed by atoms with E-state index >= 15 is 0 Å². The highest BCUT2D eigenvalue weighted by Gasteiger charge is 2.50. The zero-order valence-electron chi connectivity index (χ0n) is 20.9. The number of benzene rings is 2. The topological polar surface area (TPSA) is 126 Å². The number of sulfone groups is 1. The molecule has 192 valence electrons. The number of H-pyrrole nitrogens is 1. The Labute approximate surface area is 212 Å². The Morgan fingerprint density at radius 3 is 2.36 bits per heavy atom. The number of carbonyl (C=O) groups is 1. The number of carboxylic acid groups (broad SMARTS) is 1. The highest BCUT2D eigenvalue weighted by atomic mass is 32.2. The van der Waals surface area contributed by atoms with Gasteiger partial charge in [0.2, 0.25) is 0 Å². The van der Waals surface area contributed by atoms with E-state index in [4.69, 9.17) is 0 Å². The van der Waals surface area contributed by atoms with Crippen molar-refractivity contribution in [1.29, 1.82) is 0 Å². The predicted molar refractivity (Wildman–Crippen MR) is 137 cm³/mol. The normalized spacial score (nSPS) is 21.2. The van der Waals surface area contributed by atoms with E-state index in [9.17, 15) is 18.3 Å². The van der Waals surface area contributed by atoms with Crippen molar-refractivity contribution in [2.45, 2.75) is 69.1 Å². The van der Waals surface area contributed by atoms with Crippen LogP contribution in [0.5, 0.6) is 0 Å². The summed E-state index contributed by atoms with van der Waals surface area (Å²) in [5, 5.41) is 25.2. The van der Waals surface area contributed by atoms with Crippen LogP contribution in [0.1, 0.15) is 69.2 Å². The van der Waals surface area contributed by atoms with Gasteiger partial charge >= 0.3 is 5.97 Å². The molecule has 1 heterocycles. The van der Waals surface area contributed by atoms with Crippen LogP contribution in [0.4, 0.5) is 0 Å². The lowest BCUT2D eigenvalue weighted by molar-refractivity contribution is -0.154. The maximum absolute atomic E-state index is 12.7. The molecular weight excluding hydrogens is 476 g/mol. The zero-order valence-corrected chi connectivity index (χ0v) is 21.7. The van der Waals surface area contributed by atoms with Gasteiger partial charge in [-0.3, -0.25) is 4.79 Å². The molecule has 0 bridgehead atoms. The Hall–Kier alpha value is -3.07. The summed E-state index contributed by atoms with van der Waals surface area (Å²) in [6.45, 7) is 2.15. The molecule has 1 fully saturated rings. The first kappa shape index (κ1) is 26.0. The second-order valence-corrected chi connectivity index (χ2v) is 12.1. The fourth-order valence-electron chi connectivity index (χ4n) is 5.78. The highest BCUT2D eigenvalue weighted by Crippen LogP contribution is 2.51. The summed E-state index contributed by atoms with van der Waals surface area (Å²) in [7, 11) is -3.23. The molecule has 8 nitrogen and oxygen atoms in total. The van der Waals surface area contributed by atoms with E-state index in [1.165, 1.54) is 6.26 Å². The van der Waals surface area contributed by atoms with Crippen LogP contribution in [-0.2, 0) is 21.1 Å². The van der Waals surface area contributed by atoms with Crippen LogP contribution in [0.3, 0.4) is 0 Å². The molecule has 3 aromatic rings. The van der Waals surface area contributed by atoms with E-state index in [0.29, 0.717) is 42.3 Å². The largest absolute Gasteiger partial charge is 0.481 e. The zero-order chi connectivity index (χ0) is 25.8. The van der Waals surface area contributed by atoms with Crippen molar-refractivity contribution in [3.8, 4) is 11.1 Å². The van der Waals surface area contributed by atoms with Gasteiger partial charge in [-0.2, -0.15) is 5.21 Å². The van der Waals surface area contributed by atoms with E-state index in [1.54, 1.807) is 12.1 Å². The minimum atomic E-state index is -3.23. The van der Waals surface area contributed by atoms with Gasteiger partial charge in [-0.1, -0.05) is 74.2 Å². The van der Waals surface area contributed by atoms with Gasteiger partial charge < -0.3 is 5.11 Å². The number of aromatic nitrogens is 4. The number of rotatable bonds is 10. The predicted octanol–water partition coefficient (Wildman–Crippen LogP) is 5.05. The molecule has 36 heavy (non-hydrogen) atoms. The molecule has 2 aromatic carbocycles. The van der Waals surface area contributed by atoms with Gasteiger partial charge in [-0.05, 0) is 60.4 Å². The average Bonchev–Trinajstić information content (AvgIpc) is 3.39. The standard InChI is InChI=1S/C27H34N4O4S/c1-3-5-20-6-4-17-27(18-20,26(32)33)24(25-28-30-31-29-25)16-9-19-7-10-21(11-8-19)22-12-14-23(15-13-22)36(2,34)35/h7-8,10-15,20,24H,3-6,9,16-18H2,1-2H3,(H,32,33)(H,28,29,30,31). The number of aryl methyl sites for hydroxylation is 1. The molecule has 0 amide bonds. The van der Waals surface area contributed by atoms with Crippen molar-refractivity contribution in [3.63, 3.8) is 0 Å². The summed E-state index contributed by atoms with van der Waals surface area (Å²) in [4.78, 5) is 13.0. The molecule has 3 unspecified atom stereocenters. The fourth-order valence-corrected chi connectivity index (χ4v) is 6.41. The molecule has 1 aromatic heterocycles. The summed E-state index contributed by atoms with van der Waals surface area (Å²) in [5.41, 5.74) is 2.14. The molecule has 9 heteroatoms. The first-order valence-corrected chi connectivity index (χ1v) is 14.5. The summed E-state index contributed by atoms with van der Waals surface area (Å²) >= 11 is 0. The lowest BCUT2D eigenvalue weighted by Gasteiger charge is -2.42. The SMILES string of the molecule is CCCC1CCCC(C(=O)O)(C(CCc2ccc(-c3ccc(S(C)(=O)=O)cc3)cc2)c2nn[nH]n2)C1. The number of hydrogen-bond acceptors (Lipinski definition) is 6. The number of aromatic amines is 1. The third-order valence-electron chi connectivity index (χ3n) is 7.64. The average molecular weight is 511 g/mol. The van der Waals surface area contributed by atoms with Gasteiger partial charge in [0, 0.05) is 12.2 Å². The van der Waals surface area contributed by atoms with E-state index in [-0.39, 0.29) is 5.92 Å². The Bertz CT molecular complexity index is 1260. The summed E-state index contributed by atoms with van der Waals surface area (Å²) in [5.74, 6) is -0.192. The number of nitrogens with zero attached hydrogens (tertiary/aromatic N) is 3. The minimum absolute atomic E-state index is 0.298. The maximum atomic E-state index is 12.7. The third kappa shape index (κ3) is 5.67. The summed E-state index contributed by atoms with van der Waals surface area (Å²) in [6.07, 6.45) is 7.86. The Balaban J connectivity index is 1.53. The maximum Gasteiger partial charge on any atom is 0.310 e. The quantitative estimate of drug-likeness (QED) is 0.391. The molecule has 0 radical (unpaired) electrons. The van der Waals surface area contributed by atoms with Crippen molar-refractivity contribution >= 4 is 15.8 Å². The van der Waals surface area contributed by atoms with Crippen molar-refractivity contribution in [3.05, 3.63) is 59.9 Å². The number of aliphatic carboxylic acids is 1. The van der Waals surface area contributed by atoms with Crippen molar-refractivity contribution in [2.75, 3.05) is 6.26 Å². The van der Waals surface area contributed by atoms with E-state index < -0.39 is 21.2 Å².